The predicted molar refractivity (Wildman–Crippen MR) is 141 cm³/mol. The summed E-state index contributed by atoms with van der Waals surface area (Å²) < 4.78 is 30.2. The SMILES string of the molecule is CCNC(=NCc1cccc(CN(C)C)c1)NC1CCN(c2ccccc2OC(F)F)C1.I. The molecule has 0 radical (unpaired) electrons. The predicted octanol–water partition coefficient (Wildman–Crippen LogP) is 4.30. The molecule has 182 valence electrons. The maximum atomic E-state index is 12.8. The molecular weight excluding hydrogens is 539 g/mol. The van der Waals surface area contributed by atoms with Crippen LogP contribution in [-0.2, 0) is 13.1 Å². The fourth-order valence-corrected chi connectivity index (χ4v) is 3.89. The Bertz CT molecular complexity index is 897. The van der Waals surface area contributed by atoms with Gasteiger partial charge in [-0.05, 0) is 50.7 Å². The molecule has 0 amide bonds. The van der Waals surface area contributed by atoms with E-state index in [9.17, 15) is 8.78 Å². The number of hydrogen-bond donors (Lipinski definition) is 2. The molecule has 0 aromatic heterocycles. The molecule has 1 fully saturated rings. The van der Waals surface area contributed by atoms with E-state index >= 15 is 0 Å². The number of hydrogen-bond acceptors (Lipinski definition) is 4. The molecule has 2 aromatic carbocycles. The first kappa shape index (κ1) is 27.1. The smallest absolute Gasteiger partial charge is 0.387 e. The molecule has 1 aliphatic heterocycles. The lowest BCUT2D eigenvalue weighted by Gasteiger charge is -2.22. The summed E-state index contributed by atoms with van der Waals surface area (Å²) in [6, 6.07) is 15.6. The van der Waals surface area contributed by atoms with E-state index in [2.05, 4.69) is 58.8 Å². The maximum absolute atomic E-state index is 12.8. The highest BCUT2D eigenvalue weighted by Gasteiger charge is 2.26. The van der Waals surface area contributed by atoms with Gasteiger partial charge in [0.25, 0.3) is 0 Å². The molecule has 1 heterocycles. The van der Waals surface area contributed by atoms with Crippen molar-refractivity contribution in [2.45, 2.75) is 39.1 Å². The van der Waals surface area contributed by atoms with E-state index in [4.69, 9.17) is 9.73 Å². The third kappa shape index (κ3) is 8.62. The van der Waals surface area contributed by atoms with Crippen molar-refractivity contribution >= 4 is 35.6 Å². The van der Waals surface area contributed by atoms with Crippen LogP contribution in [0.2, 0.25) is 0 Å². The quantitative estimate of drug-likeness (QED) is 0.266. The first-order chi connectivity index (χ1) is 15.4. The summed E-state index contributed by atoms with van der Waals surface area (Å²) in [6.45, 7) is 2.88. The fourth-order valence-electron chi connectivity index (χ4n) is 3.89. The number of guanidine groups is 1. The molecule has 1 aliphatic rings. The molecule has 33 heavy (non-hydrogen) atoms. The molecule has 0 spiro atoms. The first-order valence-electron chi connectivity index (χ1n) is 11.0. The highest BCUT2D eigenvalue weighted by atomic mass is 127. The Labute approximate surface area is 212 Å². The number of nitrogens with one attached hydrogen (secondary N) is 2. The second kappa shape index (κ2) is 13.5. The van der Waals surface area contributed by atoms with Gasteiger partial charge in [-0.15, -0.1) is 24.0 Å². The topological polar surface area (TPSA) is 52.1 Å². The van der Waals surface area contributed by atoms with Crippen LogP contribution in [0.5, 0.6) is 5.75 Å². The monoisotopic (exact) mass is 573 g/mol. The van der Waals surface area contributed by atoms with Gasteiger partial charge < -0.3 is 25.2 Å². The Morgan fingerprint density at radius 2 is 1.94 bits per heavy atom. The van der Waals surface area contributed by atoms with Crippen LogP contribution in [0.4, 0.5) is 14.5 Å². The Morgan fingerprint density at radius 3 is 2.67 bits per heavy atom. The second-order valence-electron chi connectivity index (χ2n) is 8.18. The van der Waals surface area contributed by atoms with Gasteiger partial charge in [0.05, 0.1) is 12.2 Å². The van der Waals surface area contributed by atoms with Crippen LogP contribution in [0.25, 0.3) is 0 Å². The van der Waals surface area contributed by atoms with Crippen molar-refractivity contribution in [1.82, 2.24) is 15.5 Å². The first-order valence-corrected chi connectivity index (χ1v) is 11.0. The molecule has 3 rings (SSSR count). The third-order valence-corrected chi connectivity index (χ3v) is 5.21. The fraction of sp³-hybridized carbons (Fsp3) is 0.458. The zero-order valence-corrected chi connectivity index (χ0v) is 21.8. The number of benzene rings is 2. The van der Waals surface area contributed by atoms with E-state index in [1.807, 2.05) is 19.1 Å². The molecule has 0 bridgehead atoms. The lowest BCUT2D eigenvalue weighted by atomic mass is 10.1. The summed E-state index contributed by atoms with van der Waals surface area (Å²) in [5.41, 5.74) is 3.11. The van der Waals surface area contributed by atoms with Crippen molar-refractivity contribution in [2.75, 3.05) is 38.6 Å². The second-order valence-corrected chi connectivity index (χ2v) is 8.18. The van der Waals surface area contributed by atoms with Crippen LogP contribution in [0, 0.1) is 0 Å². The van der Waals surface area contributed by atoms with Crippen molar-refractivity contribution in [1.29, 1.82) is 0 Å². The van der Waals surface area contributed by atoms with Gasteiger partial charge in [-0.3, -0.25) is 0 Å². The Balaban J connectivity index is 0.00000385. The van der Waals surface area contributed by atoms with Gasteiger partial charge in [-0.2, -0.15) is 8.78 Å². The van der Waals surface area contributed by atoms with Gasteiger partial charge in [-0.1, -0.05) is 36.4 Å². The van der Waals surface area contributed by atoms with E-state index in [-0.39, 0.29) is 35.8 Å². The van der Waals surface area contributed by atoms with Crippen molar-refractivity contribution in [3.63, 3.8) is 0 Å². The van der Waals surface area contributed by atoms with Gasteiger partial charge in [0.1, 0.15) is 5.75 Å². The Kier molecular flexibility index (Phi) is 11.1. The van der Waals surface area contributed by atoms with Crippen LogP contribution >= 0.6 is 24.0 Å². The number of para-hydroxylation sites is 2. The average Bonchev–Trinajstić information content (AvgIpc) is 3.20. The Hall–Kier alpha value is -2.14. The van der Waals surface area contributed by atoms with E-state index in [1.165, 1.54) is 5.56 Å². The highest BCUT2D eigenvalue weighted by Crippen LogP contribution is 2.31. The van der Waals surface area contributed by atoms with E-state index in [0.29, 0.717) is 18.8 Å². The van der Waals surface area contributed by atoms with Crippen LogP contribution in [-0.4, -0.2) is 57.2 Å². The lowest BCUT2D eigenvalue weighted by Crippen LogP contribution is -2.44. The minimum atomic E-state index is -2.84. The molecule has 0 saturated carbocycles. The minimum Gasteiger partial charge on any atom is -0.433 e. The molecule has 1 unspecified atom stereocenters. The number of nitrogens with zero attached hydrogens (tertiary/aromatic N) is 3. The van der Waals surface area contributed by atoms with Gasteiger partial charge in [0.15, 0.2) is 5.96 Å². The lowest BCUT2D eigenvalue weighted by molar-refractivity contribution is -0.0495. The Morgan fingerprint density at radius 1 is 1.18 bits per heavy atom. The van der Waals surface area contributed by atoms with Crippen molar-refractivity contribution < 1.29 is 13.5 Å². The summed E-state index contributed by atoms with van der Waals surface area (Å²) in [5, 5.41) is 6.80. The van der Waals surface area contributed by atoms with Gasteiger partial charge in [0.2, 0.25) is 0 Å². The minimum absolute atomic E-state index is 0. The van der Waals surface area contributed by atoms with Crippen LogP contribution in [0.1, 0.15) is 24.5 Å². The summed E-state index contributed by atoms with van der Waals surface area (Å²) in [5.74, 6) is 0.968. The highest BCUT2D eigenvalue weighted by molar-refractivity contribution is 14.0. The molecule has 9 heteroatoms. The summed E-state index contributed by atoms with van der Waals surface area (Å²) >= 11 is 0. The van der Waals surface area contributed by atoms with Crippen LogP contribution < -0.4 is 20.3 Å². The zero-order chi connectivity index (χ0) is 22.9. The number of halogens is 3. The molecule has 6 nitrogen and oxygen atoms in total. The van der Waals surface area contributed by atoms with Crippen molar-refractivity contribution in [3.05, 3.63) is 59.7 Å². The van der Waals surface area contributed by atoms with Gasteiger partial charge in [-0.25, -0.2) is 4.99 Å². The van der Waals surface area contributed by atoms with Crippen molar-refractivity contribution in [2.24, 2.45) is 4.99 Å². The zero-order valence-electron chi connectivity index (χ0n) is 19.4. The largest absolute Gasteiger partial charge is 0.433 e. The van der Waals surface area contributed by atoms with E-state index in [1.54, 1.807) is 12.1 Å². The molecule has 1 atom stereocenters. The molecule has 2 N–H and O–H groups in total. The summed E-state index contributed by atoms with van der Waals surface area (Å²) in [7, 11) is 4.11. The number of anilines is 1. The summed E-state index contributed by atoms with van der Waals surface area (Å²) in [6.07, 6.45) is 0.881. The molecule has 0 aliphatic carbocycles. The van der Waals surface area contributed by atoms with Gasteiger partial charge in [0, 0.05) is 32.2 Å². The van der Waals surface area contributed by atoms with Gasteiger partial charge >= 0.3 is 6.61 Å². The molecule has 1 saturated heterocycles. The maximum Gasteiger partial charge on any atom is 0.387 e. The summed E-state index contributed by atoms with van der Waals surface area (Å²) in [4.78, 5) is 8.98. The normalized spacial score (nSPS) is 16.2. The molecule has 2 aromatic rings. The van der Waals surface area contributed by atoms with Crippen LogP contribution in [0.3, 0.4) is 0 Å². The van der Waals surface area contributed by atoms with E-state index < -0.39 is 6.61 Å². The third-order valence-electron chi connectivity index (χ3n) is 5.21. The number of alkyl halides is 2. The molecular formula is C24H34F2IN5O. The standard InChI is InChI=1S/C24H33F2N5O.HI/c1-4-27-24(28-15-18-8-7-9-19(14-18)16-30(2)3)29-20-12-13-31(17-20)21-10-5-6-11-22(21)32-23(25)26;/h5-11,14,20,23H,4,12-13,15-17H2,1-3H3,(H2,27,28,29);1H. The number of aliphatic imine (C=N–C) groups is 1. The van der Waals surface area contributed by atoms with Crippen LogP contribution in [0.15, 0.2) is 53.5 Å². The van der Waals surface area contributed by atoms with E-state index in [0.717, 1.165) is 37.6 Å². The average molecular weight is 573 g/mol. The number of ether oxygens (including phenoxy) is 1. The van der Waals surface area contributed by atoms with Crippen molar-refractivity contribution in [3.8, 4) is 5.75 Å². The number of rotatable bonds is 9.